The summed E-state index contributed by atoms with van der Waals surface area (Å²) < 4.78 is 1.92. The molecule has 0 saturated heterocycles. The van der Waals surface area contributed by atoms with E-state index in [1.165, 1.54) is 23.3 Å². The summed E-state index contributed by atoms with van der Waals surface area (Å²) in [6.45, 7) is 8.56. The fourth-order valence-electron chi connectivity index (χ4n) is 1.58. The maximum Gasteiger partial charge on any atom is 0.0564 e. The Morgan fingerprint density at radius 3 is 2.75 bits per heavy atom. The van der Waals surface area contributed by atoms with Gasteiger partial charge in [0, 0.05) is 24.8 Å². The van der Waals surface area contributed by atoms with E-state index in [1.807, 2.05) is 17.9 Å². The molecule has 0 aromatic carbocycles. The van der Waals surface area contributed by atoms with Crippen LogP contribution in [-0.2, 0) is 7.05 Å². The van der Waals surface area contributed by atoms with Crippen LogP contribution >= 0.6 is 0 Å². The maximum atomic E-state index is 4.25. The van der Waals surface area contributed by atoms with Gasteiger partial charge in [-0.3, -0.25) is 4.68 Å². The molecule has 0 atom stereocenters. The van der Waals surface area contributed by atoms with Gasteiger partial charge >= 0.3 is 0 Å². The summed E-state index contributed by atoms with van der Waals surface area (Å²) in [6.07, 6.45) is 6.46. The number of aryl methyl sites for hydroxylation is 1. The van der Waals surface area contributed by atoms with Crippen molar-refractivity contribution in [1.82, 2.24) is 15.1 Å². The monoisotopic (exact) mass is 221 g/mol. The second-order valence-corrected chi connectivity index (χ2v) is 4.14. The molecule has 0 bridgehead atoms. The summed E-state index contributed by atoms with van der Waals surface area (Å²) in [5, 5.41) is 7.69. The highest BCUT2D eigenvalue weighted by Gasteiger charge is 2.02. The smallest absolute Gasteiger partial charge is 0.0564 e. The largest absolute Gasteiger partial charge is 0.313 e. The van der Waals surface area contributed by atoms with Crippen molar-refractivity contribution in [2.45, 2.75) is 33.6 Å². The van der Waals surface area contributed by atoms with Crippen LogP contribution in [0.5, 0.6) is 0 Å². The van der Waals surface area contributed by atoms with E-state index in [9.17, 15) is 0 Å². The van der Waals surface area contributed by atoms with Crippen LogP contribution in [0.2, 0.25) is 0 Å². The van der Waals surface area contributed by atoms with Gasteiger partial charge in [0.1, 0.15) is 0 Å². The third-order valence-corrected chi connectivity index (χ3v) is 2.87. The summed E-state index contributed by atoms with van der Waals surface area (Å²) in [4.78, 5) is 0. The zero-order valence-corrected chi connectivity index (χ0v) is 10.9. The molecule has 3 heteroatoms. The summed E-state index contributed by atoms with van der Waals surface area (Å²) in [6, 6.07) is 0. The minimum atomic E-state index is 0.985. The van der Waals surface area contributed by atoms with E-state index in [1.54, 1.807) is 0 Å². The highest BCUT2D eigenvalue weighted by atomic mass is 15.3. The molecular formula is C13H23N3. The van der Waals surface area contributed by atoms with E-state index >= 15 is 0 Å². The highest BCUT2D eigenvalue weighted by Crippen LogP contribution is 2.12. The predicted octanol–water partition coefficient (Wildman–Crippen LogP) is 2.52. The zero-order valence-electron chi connectivity index (χ0n) is 10.9. The van der Waals surface area contributed by atoms with Gasteiger partial charge in [-0.25, -0.2) is 0 Å². The van der Waals surface area contributed by atoms with Crippen LogP contribution < -0.4 is 5.32 Å². The van der Waals surface area contributed by atoms with Gasteiger partial charge in [0.05, 0.1) is 6.20 Å². The average Bonchev–Trinajstić information content (AvgIpc) is 2.59. The van der Waals surface area contributed by atoms with Gasteiger partial charge in [-0.05, 0) is 26.3 Å². The Bertz CT molecular complexity index is 350. The second-order valence-electron chi connectivity index (χ2n) is 4.14. The summed E-state index contributed by atoms with van der Waals surface area (Å²) in [5.74, 6) is 0. The standard InChI is InChI=1S/C13H23N3/c1-5-7-14-9-12(6-2)8-13-10-15-16(4)11(13)3/h8,10,14H,5-7,9H2,1-4H3. The first kappa shape index (κ1) is 13.0. The lowest BCUT2D eigenvalue weighted by Crippen LogP contribution is -2.17. The molecular weight excluding hydrogens is 198 g/mol. The van der Waals surface area contributed by atoms with Crippen LogP contribution in [0.25, 0.3) is 6.08 Å². The van der Waals surface area contributed by atoms with E-state index in [0.29, 0.717) is 0 Å². The van der Waals surface area contributed by atoms with Crippen LogP contribution in [-0.4, -0.2) is 22.9 Å². The van der Waals surface area contributed by atoms with Gasteiger partial charge in [-0.15, -0.1) is 0 Å². The minimum absolute atomic E-state index is 0.985. The molecule has 1 aromatic heterocycles. The van der Waals surface area contributed by atoms with Crippen LogP contribution in [0.15, 0.2) is 11.8 Å². The number of hydrogen-bond acceptors (Lipinski definition) is 2. The molecule has 1 heterocycles. The lowest BCUT2D eigenvalue weighted by Gasteiger charge is -2.06. The topological polar surface area (TPSA) is 29.9 Å². The first-order valence-electron chi connectivity index (χ1n) is 6.07. The number of nitrogens with zero attached hydrogens (tertiary/aromatic N) is 2. The maximum absolute atomic E-state index is 4.25. The molecule has 0 saturated carbocycles. The van der Waals surface area contributed by atoms with E-state index in [2.05, 4.69) is 37.3 Å². The van der Waals surface area contributed by atoms with Crippen molar-refractivity contribution in [3.05, 3.63) is 23.0 Å². The molecule has 16 heavy (non-hydrogen) atoms. The van der Waals surface area contributed by atoms with Crippen molar-refractivity contribution in [2.75, 3.05) is 13.1 Å². The molecule has 1 aromatic rings. The molecule has 0 radical (unpaired) electrons. The summed E-state index contributed by atoms with van der Waals surface area (Å²) in [7, 11) is 1.98. The first-order valence-corrected chi connectivity index (χ1v) is 6.07. The first-order chi connectivity index (χ1) is 7.69. The molecule has 1 N–H and O–H groups in total. The average molecular weight is 221 g/mol. The molecule has 0 unspecified atom stereocenters. The molecule has 0 fully saturated rings. The van der Waals surface area contributed by atoms with Gasteiger partial charge in [0.15, 0.2) is 0 Å². The van der Waals surface area contributed by atoms with E-state index in [-0.39, 0.29) is 0 Å². The van der Waals surface area contributed by atoms with Crippen molar-refractivity contribution in [3.8, 4) is 0 Å². The molecule has 0 spiro atoms. The van der Waals surface area contributed by atoms with Crippen molar-refractivity contribution in [3.63, 3.8) is 0 Å². The van der Waals surface area contributed by atoms with Crippen LogP contribution in [0.4, 0.5) is 0 Å². The van der Waals surface area contributed by atoms with Crippen molar-refractivity contribution < 1.29 is 0 Å². The highest BCUT2D eigenvalue weighted by molar-refractivity contribution is 5.54. The third kappa shape index (κ3) is 3.49. The van der Waals surface area contributed by atoms with Gasteiger partial charge < -0.3 is 5.32 Å². The van der Waals surface area contributed by atoms with Gasteiger partial charge in [-0.1, -0.05) is 25.5 Å². The summed E-state index contributed by atoms with van der Waals surface area (Å²) >= 11 is 0. The predicted molar refractivity (Wildman–Crippen MR) is 69.4 cm³/mol. The molecule has 1 rings (SSSR count). The molecule has 3 nitrogen and oxygen atoms in total. The number of nitrogens with one attached hydrogen (secondary N) is 1. The Morgan fingerprint density at radius 2 is 2.25 bits per heavy atom. The van der Waals surface area contributed by atoms with E-state index < -0.39 is 0 Å². The van der Waals surface area contributed by atoms with Crippen molar-refractivity contribution in [1.29, 1.82) is 0 Å². The third-order valence-electron chi connectivity index (χ3n) is 2.87. The molecule has 90 valence electrons. The number of hydrogen-bond donors (Lipinski definition) is 1. The molecule has 0 aliphatic carbocycles. The van der Waals surface area contributed by atoms with Crippen molar-refractivity contribution >= 4 is 6.08 Å². The van der Waals surface area contributed by atoms with Crippen molar-refractivity contribution in [2.24, 2.45) is 7.05 Å². The fraction of sp³-hybridized carbons (Fsp3) is 0.615. The Morgan fingerprint density at radius 1 is 1.50 bits per heavy atom. The Hall–Kier alpha value is -1.09. The van der Waals surface area contributed by atoms with Gasteiger partial charge in [-0.2, -0.15) is 5.10 Å². The van der Waals surface area contributed by atoms with Crippen LogP contribution in [0, 0.1) is 6.92 Å². The van der Waals surface area contributed by atoms with E-state index in [0.717, 1.165) is 19.5 Å². The number of rotatable bonds is 6. The minimum Gasteiger partial charge on any atom is -0.313 e. The normalized spacial score (nSPS) is 12.1. The second kappa shape index (κ2) is 6.48. The van der Waals surface area contributed by atoms with Crippen LogP contribution in [0.1, 0.15) is 37.9 Å². The lowest BCUT2D eigenvalue weighted by atomic mass is 10.1. The fourth-order valence-corrected chi connectivity index (χ4v) is 1.58. The molecule has 0 amide bonds. The molecule has 0 aliphatic rings. The van der Waals surface area contributed by atoms with E-state index in [4.69, 9.17) is 0 Å². The number of aromatic nitrogens is 2. The van der Waals surface area contributed by atoms with Gasteiger partial charge in [0.2, 0.25) is 0 Å². The Labute approximate surface area is 98.5 Å². The quantitative estimate of drug-likeness (QED) is 0.748. The summed E-state index contributed by atoms with van der Waals surface area (Å²) in [5.41, 5.74) is 3.89. The Kier molecular flexibility index (Phi) is 5.26. The SMILES string of the molecule is CCCNCC(=Cc1cnn(C)c1C)CC. The van der Waals surface area contributed by atoms with Gasteiger partial charge in [0.25, 0.3) is 0 Å². The lowest BCUT2D eigenvalue weighted by molar-refractivity contribution is 0.705. The zero-order chi connectivity index (χ0) is 12.0. The van der Waals surface area contributed by atoms with Crippen LogP contribution in [0.3, 0.4) is 0 Å². The Balaban J connectivity index is 2.68. The molecule has 0 aliphatic heterocycles.